The molecule has 0 spiro atoms. The lowest BCUT2D eigenvalue weighted by Crippen LogP contribution is -2.40. The molecule has 10 heteroatoms. The van der Waals surface area contributed by atoms with Gasteiger partial charge in [-0.2, -0.15) is 0 Å². The van der Waals surface area contributed by atoms with Gasteiger partial charge in [-0.1, -0.05) is 62.0 Å². The summed E-state index contributed by atoms with van der Waals surface area (Å²) < 4.78 is 23.8. The molecule has 0 amide bonds. The van der Waals surface area contributed by atoms with Crippen LogP contribution < -0.4 is 29.1 Å². The van der Waals surface area contributed by atoms with Crippen molar-refractivity contribution < 1.29 is 28.5 Å². The smallest absolute Gasteiger partial charge is 0.338 e. The van der Waals surface area contributed by atoms with Gasteiger partial charge in [-0.15, -0.1) is 0 Å². The van der Waals surface area contributed by atoms with Crippen molar-refractivity contribution in [2.24, 2.45) is 4.99 Å². The van der Waals surface area contributed by atoms with Crippen molar-refractivity contribution in [3.63, 3.8) is 0 Å². The highest BCUT2D eigenvalue weighted by molar-refractivity contribution is 7.07. The molecular weight excluding hydrogens is 556 g/mol. The predicted molar refractivity (Wildman–Crippen MR) is 161 cm³/mol. The molecule has 42 heavy (non-hydrogen) atoms. The second-order valence-electron chi connectivity index (χ2n) is 9.60. The summed E-state index contributed by atoms with van der Waals surface area (Å²) in [6, 6.07) is 11.6. The van der Waals surface area contributed by atoms with Crippen LogP contribution in [-0.2, 0) is 14.3 Å². The van der Waals surface area contributed by atoms with Crippen molar-refractivity contribution in [3.8, 4) is 17.2 Å². The fourth-order valence-corrected chi connectivity index (χ4v) is 5.60. The maximum absolute atomic E-state index is 13.9. The molecule has 0 bridgehead atoms. The fraction of sp³-hybridized carbons (Fsp3) is 0.312. The number of ether oxygens (including phenoxy) is 4. The zero-order valence-corrected chi connectivity index (χ0v) is 25.0. The summed E-state index contributed by atoms with van der Waals surface area (Å²) >= 11 is 1.23. The lowest BCUT2D eigenvalue weighted by Gasteiger charge is -2.25. The monoisotopic (exact) mass is 590 g/mol. The lowest BCUT2D eigenvalue weighted by molar-refractivity contribution is -0.138. The van der Waals surface area contributed by atoms with E-state index >= 15 is 0 Å². The van der Waals surface area contributed by atoms with Crippen LogP contribution in [0.25, 0.3) is 6.08 Å². The number of hydrogen-bond donors (Lipinski definition) is 0. The topological polar surface area (TPSA) is 105 Å². The average Bonchev–Trinajstić information content (AvgIpc) is 3.27. The second kappa shape index (κ2) is 14.0. The van der Waals surface area contributed by atoms with Crippen LogP contribution in [0.3, 0.4) is 0 Å². The van der Waals surface area contributed by atoms with Crippen LogP contribution in [0.15, 0.2) is 76.2 Å². The Morgan fingerprint density at radius 1 is 1.12 bits per heavy atom. The van der Waals surface area contributed by atoms with Gasteiger partial charge in [0.2, 0.25) is 0 Å². The highest BCUT2D eigenvalue weighted by Crippen LogP contribution is 2.36. The van der Waals surface area contributed by atoms with Crippen molar-refractivity contribution in [2.75, 3.05) is 20.3 Å². The van der Waals surface area contributed by atoms with Crippen LogP contribution >= 0.6 is 11.3 Å². The Kier molecular flexibility index (Phi) is 10.1. The van der Waals surface area contributed by atoms with Gasteiger partial charge < -0.3 is 18.9 Å². The first-order chi connectivity index (χ1) is 20.3. The third-order valence-electron chi connectivity index (χ3n) is 6.53. The van der Waals surface area contributed by atoms with E-state index < -0.39 is 18.0 Å². The van der Waals surface area contributed by atoms with Crippen molar-refractivity contribution in [3.05, 3.63) is 97.2 Å². The number of methoxy groups -OCH3 is 1. The molecule has 2 aromatic carbocycles. The van der Waals surface area contributed by atoms with Crippen LogP contribution in [0.2, 0.25) is 0 Å². The lowest BCUT2D eigenvalue weighted by atomic mass is 9.95. The van der Waals surface area contributed by atoms with Gasteiger partial charge in [-0.25, -0.2) is 9.79 Å². The second-order valence-corrected chi connectivity index (χ2v) is 10.6. The Balaban J connectivity index is 1.79. The number of rotatable bonds is 12. The first-order valence-corrected chi connectivity index (χ1v) is 14.5. The molecule has 3 aromatic rings. The minimum Gasteiger partial charge on any atom is -0.494 e. The third-order valence-corrected chi connectivity index (χ3v) is 7.51. The van der Waals surface area contributed by atoms with E-state index in [1.165, 1.54) is 36.0 Å². The fourth-order valence-electron chi connectivity index (χ4n) is 4.56. The molecule has 9 nitrogen and oxygen atoms in total. The molecule has 0 saturated carbocycles. The van der Waals surface area contributed by atoms with Crippen LogP contribution in [0.1, 0.15) is 57.2 Å². The van der Waals surface area contributed by atoms with E-state index in [-0.39, 0.29) is 29.2 Å². The largest absolute Gasteiger partial charge is 0.494 e. The molecule has 1 aliphatic heterocycles. The number of aromatic nitrogens is 1. The Morgan fingerprint density at radius 2 is 1.88 bits per heavy atom. The van der Waals surface area contributed by atoms with Gasteiger partial charge in [0.25, 0.3) is 5.56 Å². The quantitative estimate of drug-likeness (QED) is 0.133. The van der Waals surface area contributed by atoms with Gasteiger partial charge in [0.1, 0.15) is 12.4 Å². The molecule has 220 valence electrons. The zero-order valence-electron chi connectivity index (χ0n) is 24.2. The number of thiazole rings is 1. The first-order valence-electron chi connectivity index (χ1n) is 13.7. The van der Waals surface area contributed by atoms with Gasteiger partial charge in [0, 0.05) is 6.92 Å². The Bertz CT molecular complexity index is 1680. The maximum atomic E-state index is 13.9. The summed E-state index contributed by atoms with van der Waals surface area (Å²) in [6.45, 7) is 9.42. The molecule has 2 heterocycles. The summed E-state index contributed by atoms with van der Waals surface area (Å²) in [5.41, 5.74) is 1.71. The Labute approximate surface area is 248 Å². The van der Waals surface area contributed by atoms with Crippen LogP contribution in [-0.4, -0.2) is 36.8 Å². The molecule has 0 saturated heterocycles. The zero-order chi connectivity index (χ0) is 30.2. The van der Waals surface area contributed by atoms with E-state index in [9.17, 15) is 14.4 Å². The van der Waals surface area contributed by atoms with Gasteiger partial charge in [0.15, 0.2) is 16.3 Å². The summed E-state index contributed by atoms with van der Waals surface area (Å²) in [5.74, 6) is 0.141. The number of benzene rings is 2. The summed E-state index contributed by atoms with van der Waals surface area (Å²) in [7, 11) is 1.44. The van der Waals surface area contributed by atoms with E-state index in [0.717, 1.165) is 30.6 Å². The Morgan fingerprint density at radius 3 is 2.55 bits per heavy atom. The van der Waals surface area contributed by atoms with Gasteiger partial charge >= 0.3 is 11.9 Å². The molecule has 0 radical (unpaired) electrons. The summed E-state index contributed by atoms with van der Waals surface area (Å²) in [5, 5.41) is 0. The molecule has 1 unspecified atom stereocenters. The number of carbonyl (C=O) groups excluding carboxylic acids is 2. The van der Waals surface area contributed by atoms with E-state index in [4.69, 9.17) is 18.9 Å². The maximum Gasteiger partial charge on any atom is 0.338 e. The summed E-state index contributed by atoms with van der Waals surface area (Å²) in [6.07, 6.45) is 6.51. The number of allylic oxidation sites excluding steroid dienone is 1. The van der Waals surface area contributed by atoms with E-state index in [1.54, 1.807) is 31.2 Å². The third kappa shape index (κ3) is 6.88. The van der Waals surface area contributed by atoms with Crippen LogP contribution in [0.4, 0.5) is 0 Å². The van der Waals surface area contributed by atoms with Crippen LogP contribution in [0.5, 0.6) is 17.2 Å². The number of fused-ring (bicyclic) bond motifs is 1. The summed E-state index contributed by atoms with van der Waals surface area (Å²) in [4.78, 5) is 43.8. The van der Waals surface area contributed by atoms with Crippen molar-refractivity contribution in [2.45, 2.75) is 46.1 Å². The molecular formula is C32H34N2O7S. The van der Waals surface area contributed by atoms with Crippen molar-refractivity contribution in [1.29, 1.82) is 0 Å². The molecule has 0 aliphatic carbocycles. The number of hydrogen-bond acceptors (Lipinski definition) is 9. The molecule has 1 aromatic heterocycles. The number of nitrogens with zero attached hydrogens (tertiary/aromatic N) is 2. The Hall–Kier alpha value is -4.44. The van der Waals surface area contributed by atoms with Gasteiger partial charge in [0.05, 0.1) is 35.6 Å². The van der Waals surface area contributed by atoms with E-state index in [2.05, 4.69) is 18.5 Å². The highest BCUT2D eigenvalue weighted by Gasteiger charge is 2.34. The standard InChI is InChI=1S/C32H34N2O7S/c1-6-8-9-17-39-24-13-10-22(11-14-24)18-27-30(36)34-29(23-12-15-25(41-21(4)35)26(19-23)38-5)28(31(37)40-16-7-2)20(3)33-32(34)42-27/h7,10-15,18-19,29H,2,6,8-9,16-17H2,1,3-5H3. The van der Waals surface area contributed by atoms with Gasteiger partial charge in [-0.05, 0) is 54.8 Å². The number of carbonyl (C=O) groups is 2. The van der Waals surface area contributed by atoms with E-state index in [1.807, 2.05) is 24.3 Å². The molecule has 4 rings (SSSR count). The number of unbranched alkanes of at least 4 members (excludes halogenated alkanes) is 2. The van der Waals surface area contributed by atoms with Gasteiger partial charge in [-0.3, -0.25) is 14.2 Å². The molecule has 1 atom stereocenters. The highest BCUT2D eigenvalue weighted by atomic mass is 32.1. The normalized spacial score (nSPS) is 14.6. The molecule has 1 aliphatic rings. The molecule has 0 N–H and O–H groups in total. The first kappa shape index (κ1) is 30.5. The minimum atomic E-state index is -0.861. The van der Waals surface area contributed by atoms with Crippen molar-refractivity contribution >= 4 is 29.4 Å². The number of esters is 2. The SMILES string of the molecule is C=CCOC(=O)C1=C(C)N=c2sc(=Cc3ccc(OCCCCC)cc3)c(=O)n2C1c1ccc(OC(C)=O)c(OC)c1. The van der Waals surface area contributed by atoms with Crippen molar-refractivity contribution in [1.82, 2.24) is 4.57 Å². The predicted octanol–water partition coefficient (Wildman–Crippen LogP) is 4.47. The molecule has 0 fully saturated rings. The van der Waals surface area contributed by atoms with Crippen LogP contribution in [0, 0.1) is 0 Å². The van der Waals surface area contributed by atoms with E-state index in [0.29, 0.717) is 27.2 Å². The average molecular weight is 591 g/mol. The minimum absolute atomic E-state index is 0.000220.